The largest absolute Gasteiger partial charge is 0.493 e. The number of ether oxygens (including phenoxy) is 2. The molecule has 2 aromatic rings. The molecule has 0 saturated heterocycles. The summed E-state index contributed by atoms with van der Waals surface area (Å²) < 4.78 is 10.8. The first-order chi connectivity index (χ1) is 10.2. The van der Waals surface area contributed by atoms with Gasteiger partial charge in [0.1, 0.15) is 0 Å². The van der Waals surface area contributed by atoms with Gasteiger partial charge in [0, 0.05) is 23.2 Å². The highest BCUT2D eigenvalue weighted by Crippen LogP contribution is 2.31. The van der Waals surface area contributed by atoms with Crippen LogP contribution in [0.2, 0.25) is 5.02 Å². The molecule has 112 valence electrons. The van der Waals surface area contributed by atoms with E-state index in [1.54, 1.807) is 14.2 Å². The van der Waals surface area contributed by atoms with Gasteiger partial charge in [-0.1, -0.05) is 35.9 Å². The van der Waals surface area contributed by atoms with E-state index in [-0.39, 0.29) is 6.04 Å². The van der Waals surface area contributed by atoms with Gasteiger partial charge >= 0.3 is 0 Å². The van der Waals surface area contributed by atoms with Gasteiger partial charge < -0.3 is 14.8 Å². The van der Waals surface area contributed by atoms with E-state index in [2.05, 4.69) is 18.3 Å². The standard InChI is InChI=1S/C17H20ClNO2/c1-12(13-6-4-8-15(18)10-13)19-11-14-7-5-9-16(20-2)17(14)21-3/h4-10,12,19H,11H2,1-3H3/t12-/m0/s1. The van der Waals surface area contributed by atoms with E-state index in [1.807, 2.05) is 36.4 Å². The van der Waals surface area contributed by atoms with Crippen LogP contribution in [0.1, 0.15) is 24.1 Å². The van der Waals surface area contributed by atoms with Gasteiger partial charge in [-0.05, 0) is 30.7 Å². The SMILES string of the molecule is COc1cccc(CN[C@@H](C)c2cccc(Cl)c2)c1OC. The maximum atomic E-state index is 6.03. The average molecular weight is 306 g/mol. The fourth-order valence-electron chi connectivity index (χ4n) is 2.25. The molecular weight excluding hydrogens is 286 g/mol. The molecule has 0 amide bonds. The summed E-state index contributed by atoms with van der Waals surface area (Å²) in [6.07, 6.45) is 0. The lowest BCUT2D eigenvalue weighted by Gasteiger charge is -2.17. The van der Waals surface area contributed by atoms with Crippen molar-refractivity contribution in [1.82, 2.24) is 5.32 Å². The second-order valence-electron chi connectivity index (χ2n) is 4.81. The van der Waals surface area contributed by atoms with Crippen LogP contribution in [0.5, 0.6) is 11.5 Å². The van der Waals surface area contributed by atoms with E-state index < -0.39 is 0 Å². The summed E-state index contributed by atoms with van der Waals surface area (Å²) in [6.45, 7) is 2.80. The van der Waals surface area contributed by atoms with Gasteiger partial charge in [0.05, 0.1) is 14.2 Å². The maximum Gasteiger partial charge on any atom is 0.165 e. The Morgan fingerprint density at radius 1 is 1.10 bits per heavy atom. The maximum absolute atomic E-state index is 6.03. The predicted octanol–water partition coefficient (Wildman–Crippen LogP) is 4.21. The van der Waals surface area contributed by atoms with Gasteiger partial charge in [-0.25, -0.2) is 0 Å². The smallest absolute Gasteiger partial charge is 0.165 e. The first-order valence-corrected chi connectivity index (χ1v) is 7.22. The normalized spacial score (nSPS) is 12.0. The summed E-state index contributed by atoms with van der Waals surface area (Å²) in [5.41, 5.74) is 2.22. The Labute approximate surface area is 130 Å². The van der Waals surface area contributed by atoms with Crippen molar-refractivity contribution in [3.05, 3.63) is 58.6 Å². The highest BCUT2D eigenvalue weighted by molar-refractivity contribution is 6.30. The topological polar surface area (TPSA) is 30.5 Å². The lowest BCUT2D eigenvalue weighted by molar-refractivity contribution is 0.350. The highest BCUT2D eigenvalue weighted by Gasteiger charge is 2.11. The third-order valence-corrected chi connectivity index (χ3v) is 3.67. The molecule has 0 aromatic heterocycles. The van der Waals surface area contributed by atoms with E-state index in [0.29, 0.717) is 6.54 Å². The van der Waals surface area contributed by atoms with Crippen LogP contribution in [-0.4, -0.2) is 14.2 Å². The van der Waals surface area contributed by atoms with Crippen LogP contribution in [0.4, 0.5) is 0 Å². The number of rotatable bonds is 6. The molecule has 1 atom stereocenters. The molecule has 21 heavy (non-hydrogen) atoms. The average Bonchev–Trinajstić information content (AvgIpc) is 2.51. The number of hydrogen-bond donors (Lipinski definition) is 1. The van der Waals surface area contributed by atoms with E-state index in [0.717, 1.165) is 27.6 Å². The number of methoxy groups -OCH3 is 2. The van der Waals surface area contributed by atoms with Gasteiger partial charge in [0.2, 0.25) is 0 Å². The zero-order valence-electron chi connectivity index (χ0n) is 12.5. The zero-order valence-corrected chi connectivity index (χ0v) is 13.3. The van der Waals surface area contributed by atoms with E-state index in [9.17, 15) is 0 Å². The lowest BCUT2D eigenvalue weighted by atomic mass is 10.1. The third kappa shape index (κ3) is 3.90. The number of benzene rings is 2. The fourth-order valence-corrected chi connectivity index (χ4v) is 2.45. The molecule has 0 aliphatic carbocycles. The molecule has 0 aliphatic heterocycles. The van der Waals surface area contributed by atoms with Crippen molar-refractivity contribution in [3.63, 3.8) is 0 Å². The van der Waals surface area contributed by atoms with E-state index >= 15 is 0 Å². The third-order valence-electron chi connectivity index (χ3n) is 3.43. The summed E-state index contributed by atoms with van der Waals surface area (Å²) in [5.74, 6) is 1.51. The van der Waals surface area contributed by atoms with E-state index in [4.69, 9.17) is 21.1 Å². The molecule has 0 saturated carbocycles. The minimum absolute atomic E-state index is 0.194. The summed E-state index contributed by atoms with van der Waals surface area (Å²) in [5, 5.41) is 4.22. The zero-order chi connectivity index (χ0) is 15.2. The molecule has 3 nitrogen and oxygen atoms in total. The van der Waals surface area contributed by atoms with Crippen LogP contribution in [0.25, 0.3) is 0 Å². The summed E-state index contributed by atoms with van der Waals surface area (Å²) >= 11 is 6.03. The van der Waals surface area contributed by atoms with Gasteiger partial charge in [0.25, 0.3) is 0 Å². The summed E-state index contributed by atoms with van der Waals surface area (Å²) in [7, 11) is 3.30. The predicted molar refractivity (Wildman–Crippen MR) is 86.3 cm³/mol. The molecule has 0 fully saturated rings. The van der Waals surface area contributed by atoms with Gasteiger partial charge in [-0.15, -0.1) is 0 Å². The molecule has 0 heterocycles. The number of nitrogens with one attached hydrogen (secondary N) is 1. The second-order valence-corrected chi connectivity index (χ2v) is 5.25. The molecule has 2 aromatic carbocycles. The monoisotopic (exact) mass is 305 g/mol. The Kier molecular flexibility index (Phi) is 5.48. The van der Waals surface area contributed by atoms with Crippen LogP contribution in [0, 0.1) is 0 Å². The van der Waals surface area contributed by atoms with Crippen molar-refractivity contribution in [1.29, 1.82) is 0 Å². The van der Waals surface area contributed by atoms with Crippen LogP contribution in [0.15, 0.2) is 42.5 Å². The molecular formula is C17H20ClNO2. The minimum atomic E-state index is 0.194. The number of hydrogen-bond acceptors (Lipinski definition) is 3. The van der Waals surface area contributed by atoms with Gasteiger partial charge in [0.15, 0.2) is 11.5 Å². The molecule has 0 bridgehead atoms. The van der Waals surface area contributed by atoms with Crippen LogP contribution in [0.3, 0.4) is 0 Å². The van der Waals surface area contributed by atoms with Crippen molar-refractivity contribution in [2.24, 2.45) is 0 Å². The Morgan fingerprint density at radius 2 is 1.86 bits per heavy atom. The Morgan fingerprint density at radius 3 is 2.52 bits per heavy atom. The molecule has 0 spiro atoms. The van der Waals surface area contributed by atoms with Crippen molar-refractivity contribution >= 4 is 11.6 Å². The van der Waals surface area contributed by atoms with Crippen LogP contribution in [-0.2, 0) is 6.54 Å². The number of halogens is 1. The molecule has 0 aliphatic rings. The van der Waals surface area contributed by atoms with Crippen molar-refractivity contribution in [2.45, 2.75) is 19.5 Å². The quantitative estimate of drug-likeness (QED) is 0.867. The highest BCUT2D eigenvalue weighted by atomic mass is 35.5. The Hall–Kier alpha value is -1.71. The summed E-state index contributed by atoms with van der Waals surface area (Å²) in [4.78, 5) is 0. The molecule has 1 N–H and O–H groups in total. The van der Waals surface area contributed by atoms with Crippen LogP contribution >= 0.6 is 11.6 Å². The first kappa shape index (κ1) is 15.7. The van der Waals surface area contributed by atoms with Gasteiger partial charge in [-0.3, -0.25) is 0 Å². The molecule has 4 heteroatoms. The van der Waals surface area contributed by atoms with E-state index in [1.165, 1.54) is 0 Å². The van der Waals surface area contributed by atoms with Crippen molar-refractivity contribution in [3.8, 4) is 11.5 Å². The fraction of sp³-hybridized carbons (Fsp3) is 0.294. The lowest BCUT2D eigenvalue weighted by Crippen LogP contribution is -2.18. The van der Waals surface area contributed by atoms with Crippen molar-refractivity contribution in [2.75, 3.05) is 14.2 Å². The van der Waals surface area contributed by atoms with Crippen LogP contribution < -0.4 is 14.8 Å². The Bertz CT molecular complexity index is 601. The van der Waals surface area contributed by atoms with Crippen molar-refractivity contribution < 1.29 is 9.47 Å². The second kappa shape index (κ2) is 7.34. The minimum Gasteiger partial charge on any atom is -0.493 e. The summed E-state index contributed by atoms with van der Waals surface area (Å²) in [6, 6.07) is 13.9. The molecule has 0 unspecified atom stereocenters. The Balaban J connectivity index is 2.09. The number of para-hydroxylation sites is 1. The van der Waals surface area contributed by atoms with Gasteiger partial charge in [-0.2, -0.15) is 0 Å². The molecule has 2 rings (SSSR count). The molecule has 0 radical (unpaired) electrons. The first-order valence-electron chi connectivity index (χ1n) is 6.84.